The van der Waals surface area contributed by atoms with E-state index in [2.05, 4.69) is 10.1 Å². The van der Waals surface area contributed by atoms with E-state index in [-0.39, 0.29) is 12.1 Å². The number of hydrogen-bond acceptors (Lipinski definition) is 4. The molecule has 0 bridgehead atoms. The van der Waals surface area contributed by atoms with Crippen molar-refractivity contribution in [3.05, 3.63) is 12.2 Å². The van der Waals surface area contributed by atoms with Gasteiger partial charge in [0.2, 0.25) is 11.8 Å². The van der Waals surface area contributed by atoms with Crippen molar-refractivity contribution in [2.24, 2.45) is 0 Å². The van der Waals surface area contributed by atoms with E-state index in [0.29, 0.717) is 13.0 Å². The number of rotatable bonds is 4. The molecule has 0 aliphatic carbocycles. The van der Waals surface area contributed by atoms with Crippen LogP contribution in [0.4, 0.5) is 0 Å². The maximum Gasteiger partial charge on any atom is 0.330 e. The fraction of sp³-hybridized carbons (Fsp3) is 0.545. The number of hydrogen-bond donors (Lipinski definition) is 1. The lowest BCUT2D eigenvalue weighted by atomic mass is 10.4. The number of carbonyl (C=O) groups excluding carboxylic acids is 3. The van der Waals surface area contributed by atoms with Crippen LogP contribution < -0.4 is 5.32 Å². The highest BCUT2D eigenvalue weighted by molar-refractivity contribution is 5.94. The third-order valence-corrected chi connectivity index (χ3v) is 2.50. The minimum Gasteiger partial charge on any atom is -0.466 e. The van der Waals surface area contributed by atoms with E-state index >= 15 is 0 Å². The van der Waals surface area contributed by atoms with Gasteiger partial charge in [-0.2, -0.15) is 0 Å². The summed E-state index contributed by atoms with van der Waals surface area (Å²) < 4.78 is 4.35. The second-order valence-electron chi connectivity index (χ2n) is 3.73. The average molecular weight is 240 g/mol. The number of amides is 2. The molecule has 1 unspecified atom stereocenters. The summed E-state index contributed by atoms with van der Waals surface area (Å²) in [6.45, 7) is 2.38. The quantitative estimate of drug-likeness (QED) is 0.545. The number of nitrogens with one attached hydrogen (secondary N) is 1. The van der Waals surface area contributed by atoms with Crippen molar-refractivity contribution < 1.29 is 19.1 Å². The van der Waals surface area contributed by atoms with Gasteiger partial charge in [0.25, 0.3) is 0 Å². The first kappa shape index (κ1) is 13.2. The summed E-state index contributed by atoms with van der Waals surface area (Å²) in [5.74, 6) is -0.984. The first-order valence-electron chi connectivity index (χ1n) is 5.40. The molecule has 0 aromatic carbocycles. The van der Waals surface area contributed by atoms with Crippen molar-refractivity contribution in [2.75, 3.05) is 13.7 Å². The fourth-order valence-electron chi connectivity index (χ4n) is 1.62. The minimum absolute atomic E-state index is 0.0368. The van der Waals surface area contributed by atoms with Crippen molar-refractivity contribution in [1.29, 1.82) is 0 Å². The molecule has 6 heteroatoms. The van der Waals surface area contributed by atoms with Gasteiger partial charge in [0.1, 0.15) is 6.17 Å². The lowest BCUT2D eigenvalue weighted by molar-refractivity contribution is -0.135. The van der Waals surface area contributed by atoms with Gasteiger partial charge < -0.3 is 15.0 Å². The third kappa shape index (κ3) is 3.90. The second kappa shape index (κ2) is 6.03. The van der Waals surface area contributed by atoms with E-state index in [1.807, 2.05) is 0 Å². The molecule has 1 aliphatic heterocycles. The number of likely N-dealkylation sites (tertiary alicyclic amines) is 1. The molecule has 1 atom stereocenters. The molecule has 1 N–H and O–H groups in total. The van der Waals surface area contributed by atoms with Gasteiger partial charge in [-0.15, -0.1) is 0 Å². The molecule has 0 spiro atoms. The van der Waals surface area contributed by atoms with Gasteiger partial charge in [-0.3, -0.25) is 9.59 Å². The summed E-state index contributed by atoms with van der Waals surface area (Å²) >= 11 is 0. The number of methoxy groups -OCH3 is 1. The monoisotopic (exact) mass is 240 g/mol. The zero-order chi connectivity index (χ0) is 12.8. The van der Waals surface area contributed by atoms with Crippen LogP contribution in [0, 0.1) is 0 Å². The van der Waals surface area contributed by atoms with Gasteiger partial charge in [-0.25, -0.2) is 4.79 Å². The van der Waals surface area contributed by atoms with Gasteiger partial charge >= 0.3 is 5.97 Å². The smallest absolute Gasteiger partial charge is 0.330 e. The topological polar surface area (TPSA) is 75.7 Å². The molecule has 0 aromatic rings. The zero-order valence-electron chi connectivity index (χ0n) is 9.93. The molecule has 1 rings (SSSR count). The highest BCUT2D eigenvalue weighted by Crippen LogP contribution is 2.11. The Morgan fingerprint density at radius 1 is 1.47 bits per heavy atom. The van der Waals surface area contributed by atoms with Crippen LogP contribution in [-0.2, 0) is 19.1 Å². The third-order valence-electron chi connectivity index (χ3n) is 2.50. The van der Waals surface area contributed by atoms with E-state index in [4.69, 9.17) is 0 Å². The predicted octanol–water partition coefficient (Wildman–Crippen LogP) is -0.200. The van der Waals surface area contributed by atoms with Gasteiger partial charge in [0.05, 0.1) is 7.11 Å². The van der Waals surface area contributed by atoms with Crippen LogP contribution in [0.15, 0.2) is 12.2 Å². The van der Waals surface area contributed by atoms with Gasteiger partial charge in [-0.05, 0) is 13.3 Å². The lowest BCUT2D eigenvalue weighted by Crippen LogP contribution is -2.46. The number of nitrogens with zero attached hydrogens (tertiary/aromatic N) is 1. The Balaban J connectivity index is 2.43. The van der Waals surface area contributed by atoms with E-state index < -0.39 is 11.9 Å². The Kier molecular flexibility index (Phi) is 4.68. The molecule has 1 heterocycles. The van der Waals surface area contributed by atoms with Gasteiger partial charge in [0.15, 0.2) is 0 Å². The first-order valence-corrected chi connectivity index (χ1v) is 5.40. The molecule has 94 valence electrons. The highest BCUT2D eigenvalue weighted by Gasteiger charge is 2.25. The summed E-state index contributed by atoms with van der Waals surface area (Å²) in [5, 5.41) is 2.60. The summed E-state index contributed by atoms with van der Waals surface area (Å²) in [4.78, 5) is 35.1. The molecule has 0 aromatic heterocycles. The van der Waals surface area contributed by atoms with E-state index in [0.717, 1.165) is 18.6 Å². The zero-order valence-corrected chi connectivity index (χ0v) is 9.93. The average Bonchev–Trinajstić information content (AvgIpc) is 2.72. The number of esters is 1. The second-order valence-corrected chi connectivity index (χ2v) is 3.73. The SMILES string of the molecule is COC(=O)/C=C\C(=O)NC(C)N1CCCC1=O. The van der Waals surface area contributed by atoms with Crippen LogP contribution in [0.25, 0.3) is 0 Å². The standard InChI is InChI=1S/C11H16N2O4/c1-8(13-7-3-4-10(13)15)12-9(14)5-6-11(16)17-2/h5-6,8H,3-4,7H2,1-2H3,(H,12,14)/b6-5-. The van der Waals surface area contributed by atoms with Crippen LogP contribution in [0.5, 0.6) is 0 Å². The normalized spacial score (nSPS) is 17.3. The van der Waals surface area contributed by atoms with Crippen LogP contribution in [-0.4, -0.2) is 42.5 Å². The molecule has 1 saturated heterocycles. The van der Waals surface area contributed by atoms with Gasteiger partial charge in [-0.1, -0.05) is 0 Å². The largest absolute Gasteiger partial charge is 0.466 e. The maximum atomic E-state index is 11.4. The lowest BCUT2D eigenvalue weighted by Gasteiger charge is -2.24. The van der Waals surface area contributed by atoms with Gasteiger partial charge in [0, 0.05) is 25.1 Å². The van der Waals surface area contributed by atoms with E-state index in [9.17, 15) is 14.4 Å². The Morgan fingerprint density at radius 2 is 2.18 bits per heavy atom. The van der Waals surface area contributed by atoms with E-state index in [1.165, 1.54) is 7.11 Å². The predicted molar refractivity (Wildman–Crippen MR) is 59.7 cm³/mol. The molecular formula is C11H16N2O4. The van der Waals surface area contributed by atoms with Crippen molar-refractivity contribution in [3.63, 3.8) is 0 Å². The first-order chi connectivity index (χ1) is 8.04. The fourth-order valence-corrected chi connectivity index (χ4v) is 1.62. The van der Waals surface area contributed by atoms with Crippen molar-refractivity contribution in [1.82, 2.24) is 10.2 Å². The molecule has 1 aliphatic rings. The van der Waals surface area contributed by atoms with Crippen molar-refractivity contribution >= 4 is 17.8 Å². The molecule has 2 amide bonds. The van der Waals surface area contributed by atoms with Crippen LogP contribution >= 0.6 is 0 Å². The van der Waals surface area contributed by atoms with Crippen LogP contribution in [0.2, 0.25) is 0 Å². The van der Waals surface area contributed by atoms with Crippen molar-refractivity contribution in [3.8, 4) is 0 Å². The Labute approximate surface area is 99.6 Å². The highest BCUT2D eigenvalue weighted by atomic mass is 16.5. The molecule has 1 fully saturated rings. The van der Waals surface area contributed by atoms with E-state index in [1.54, 1.807) is 11.8 Å². The Morgan fingerprint density at radius 3 is 2.71 bits per heavy atom. The molecule has 0 radical (unpaired) electrons. The van der Waals surface area contributed by atoms with Crippen LogP contribution in [0.1, 0.15) is 19.8 Å². The molecular weight excluding hydrogens is 224 g/mol. The van der Waals surface area contributed by atoms with Crippen LogP contribution in [0.3, 0.4) is 0 Å². The molecule has 0 saturated carbocycles. The maximum absolute atomic E-state index is 11.4. The molecule has 17 heavy (non-hydrogen) atoms. The number of ether oxygens (including phenoxy) is 1. The number of carbonyl (C=O) groups is 3. The summed E-state index contributed by atoms with van der Waals surface area (Å²) in [5.41, 5.74) is 0. The molecule has 6 nitrogen and oxygen atoms in total. The summed E-state index contributed by atoms with van der Waals surface area (Å²) in [7, 11) is 1.23. The minimum atomic E-state index is -0.593. The summed E-state index contributed by atoms with van der Waals surface area (Å²) in [6, 6.07) is 0. The summed E-state index contributed by atoms with van der Waals surface area (Å²) in [6.07, 6.45) is 3.10. The Hall–Kier alpha value is -1.85. The van der Waals surface area contributed by atoms with Crippen molar-refractivity contribution in [2.45, 2.75) is 25.9 Å². The Bertz CT molecular complexity index is 351.